The van der Waals surface area contributed by atoms with E-state index in [0.717, 1.165) is 40.4 Å². The van der Waals surface area contributed by atoms with Gasteiger partial charge in [-0.25, -0.2) is 4.98 Å². The highest BCUT2D eigenvalue weighted by atomic mass is 16.5. The molecule has 4 aromatic rings. The number of aromatic nitrogens is 6. The number of nitrogens with one attached hydrogen (secondary N) is 1. The largest absolute Gasteiger partial charge is 0.477 e. The first-order valence-corrected chi connectivity index (χ1v) is 10.5. The second-order valence-corrected chi connectivity index (χ2v) is 8.08. The van der Waals surface area contributed by atoms with E-state index in [9.17, 15) is 0 Å². The van der Waals surface area contributed by atoms with E-state index in [-0.39, 0.29) is 0 Å². The summed E-state index contributed by atoms with van der Waals surface area (Å²) in [6, 6.07) is 12.0. The number of ether oxygens (including phenoxy) is 1. The van der Waals surface area contributed by atoms with Gasteiger partial charge >= 0.3 is 0 Å². The van der Waals surface area contributed by atoms with Crippen molar-refractivity contribution in [1.82, 2.24) is 29.7 Å². The van der Waals surface area contributed by atoms with Gasteiger partial charge in [0.25, 0.3) is 0 Å². The van der Waals surface area contributed by atoms with E-state index in [0.29, 0.717) is 36.7 Å². The third-order valence-electron chi connectivity index (χ3n) is 5.59. The number of anilines is 1. The standard InChI is InChI=1S/C23H25N7O/c1-14-9-17(30(3)29-14)12-25-22-11-23(27-15(2)26-22)31-13-16-10-18(16)19-6-7-20-21(28-19)5-4-8-24-20/h4-9,11,16,18H,10,12-13H2,1-3H3,(H,25,26,27). The van der Waals surface area contributed by atoms with Crippen molar-refractivity contribution >= 4 is 16.9 Å². The van der Waals surface area contributed by atoms with Crippen molar-refractivity contribution in [3.8, 4) is 5.88 Å². The Bertz CT molecular complexity index is 1240. The Morgan fingerprint density at radius 3 is 2.84 bits per heavy atom. The van der Waals surface area contributed by atoms with Crippen molar-refractivity contribution in [1.29, 1.82) is 0 Å². The first-order chi connectivity index (χ1) is 15.0. The first-order valence-electron chi connectivity index (χ1n) is 10.5. The molecule has 0 bridgehead atoms. The highest BCUT2D eigenvalue weighted by Gasteiger charge is 2.40. The first kappa shape index (κ1) is 19.4. The molecule has 1 saturated carbocycles. The van der Waals surface area contributed by atoms with Gasteiger partial charge in [-0.3, -0.25) is 14.6 Å². The van der Waals surface area contributed by atoms with Crippen LogP contribution in [0.25, 0.3) is 11.0 Å². The summed E-state index contributed by atoms with van der Waals surface area (Å²) in [5.41, 5.74) is 5.07. The molecule has 5 rings (SSSR count). The fraction of sp³-hybridized carbons (Fsp3) is 0.348. The zero-order valence-electron chi connectivity index (χ0n) is 17.9. The smallest absolute Gasteiger partial charge is 0.218 e. The van der Waals surface area contributed by atoms with E-state index >= 15 is 0 Å². The van der Waals surface area contributed by atoms with Crippen LogP contribution in [-0.2, 0) is 13.6 Å². The van der Waals surface area contributed by atoms with Gasteiger partial charge in [0.2, 0.25) is 5.88 Å². The van der Waals surface area contributed by atoms with Crippen LogP contribution < -0.4 is 10.1 Å². The highest BCUT2D eigenvalue weighted by molar-refractivity contribution is 5.73. The normalized spacial score (nSPS) is 17.6. The topological polar surface area (TPSA) is 90.6 Å². The molecule has 8 nitrogen and oxygen atoms in total. The van der Waals surface area contributed by atoms with Gasteiger partial charge in [-0.15, -0.1) is 0 Å². The van der Waals surface area contributed by atoms with E-state index in [1.807, 2.05) is 49.8 Å². The van der Waals surface area contributed by atoms with Gasteiger partial charge in [0.05, 0.1) is 35.6 Å². The molecule has 1 N–H and O–H groups in total. The Hall–Kier alpha value is -3.55. The summed E-state index contributed by atoms with van der Waals surface area (Å²) in [4.78, 5) is 18.0. The second-order valence-electron chi connectivity index (χ2n) is 8.08. The molecule has 2 atom stereocenters. The molecule has 1 aliphatic carbocycles. The molecule has 0 radical (unpaired) electrons. The lowest BCUT2D eigenvalue weighted by atomic mass is 10.2. The van der Waals surface area contributed by atoms with Crippen LogP contribution in [0.15, 0.2) is 42.6 Å². The van der Waals surface area contributed by atoms with Crippen molar-refractivity contribution in [3.05, 3.63) is 65.5 Å². The van der Waals surface area contributed by atoms with Crippen LogP contribution in [0.4, 0.5) is 5.82 Å². The van der Waals surface area contributed by atoms with Crippen LogP contribution in [0, 0.1) is 19.8 Å². The average Bonchev–Trinajstić information content (AvgIpc) is 3.46. The lowest BCUT2D eigenvalue weighted by molar-refractivity contribution is 0.284. The summed E-state index contributed by atoms with van der Waals surface area (Å²) in [5.74, 6) is 2.90. The van der Waals surface area contributed by atoms with Crippen LogP contribution in [0.3, 0.4) is 0 Å². The van der Waals surface area contributed by atoms with Gasteiger partial charge in [0.1, 0.15) is 11.6 Å². The van der Waals surface area contributed by atoms with E-state index in [1.54, 1.807) is 6.20 Å². The molecule has 4 heterocycles. The van der Waals surface area contributed by atoms with Crippen molar-refractivity contribution < 1.29 is 4.74 Å². The van der Waals surface area contributed by atoms with E-state index in [4.69, 9.17) is 9.72 Å². The number of fused-ring (bicyclic) bond motifs is 1. The van der Waals surface area contributed by atoms with Crippen LogP contribution >= 0.6 is 0 Å². The Kier molecular flexibility index (Phi) is 4.97. The second kappa shape index (κ2) is 7.94. The summed E-state index contributed by atoms with van der Waals surface area (Å²) in [7, 11) is 1.94. The summed E-state index contributed by atoms with van der Waals surface area (Å²) < 4.78 is 7.89. The minimum Gasteiger partial charge on any atom is -0.477 e. The molecule has 0 amide bonds. The Morgan fingerprint density at radius 1 is 1.10 bits per heavy atom. The molecular formula is C23H25N7O. The Labute approximate surface area is 180 Å². The van der Waals surface area contributed by atoms with Crippen LogP contribution in [0.1, 0.15) is 35.2 Å². The molecule has 0 saturated heterocycles. The molecule has 0 aromatic carbocycles. The number of hydrogen-bond donors (Lipinski definition) is 1. The fourth-order valence-corrected chi connectivity index (χ4v) is 3.88. The zero-order chi connectivity index (χ0) is 21.4. The Balaban J connectivity index is 1.20. The number of hydrogen-bond acceptors (Lipinski definition) is 7. The molecular weight excluding hydrogens is 390 g/mol. The van der Waals surface area contributed by atoms with Gasteiger partial charge in [-0.1, -0.05) is 0 Å². The van der Waals surface area contributed by atoms with Gasteiger partial charge in [0.15, 0.2) is 0 Å². The third kappa shape index (κ3) is 4.33. The van der Waals surface area contributed by atoms with Crippen molar-refractivity contribution in [2.45, 2.75) is 32.7 Å². The van der Waals surface area contributed by atoms with Crippen molar-refractivity contribution in [2.75, 3.05) is 11.9 Å². The third-order valence-corrected chi connectivity index (χ3v) is 5.59. The lowest BCUT2D eigenvalue weighted by Crippen LogP contribution is -2.09. The predicted octanol–water partition coefficient (Wildman–Crippen LogP) is 3.56. The maximum atomic E-state index is 6.02. The van der Waals surface area contributed by atoms with E-state index < -0.39 is 0 Å². The maximum absolute atomic E-state index is 6.02. The molecule has 0 spiro atoms. The Morgan fingerprint density at radius 2 is 2.00 bits per heavy atom. The number of aryl methyl sites for hydroxylation is 3. The van der Waals surface area contributed by atoms with Gasteiger partial charge in [-0.2, -0.15) is 10.1 Å². The van der Waals surface area contributed by atoms with E-state index in [2.05, 4.69) is 37.5 Å². The van der Waals surface area contributed by atoms with E-state index in [1.165, 1.54) is 0 Å². The van der Waals surface area contributed by atoms with Gasteiger partial charge in [0, 0.05) is 36.8 Å². The molecule has 1 aliphatic rings. The lowest BCUT2D eigenvalue weighted by Gasteiger charge is -2.10. The molecule has 1 fully saturated rings. The molecule has 2 unspecified atom stereocenters. The molecule has 4 aromatic heterocycles. The van der Waals surface area contributed by atoms with Crippen molar-refractivity contribution in [2.24, 2.45) is 13.0 Å². The molecule has 158 valence electrons. The zero-order valence-corrected chi connectivity index (χ0v) is 17.9. The summed E-state index contributed by atoms with van der Waals surface area (Å²) in [5, 5.41) is 7.72. The molecule has 0 aliphatic heterocycles. The predicted molar refractivity (Wildman–Crippen MR) is 118 cm³/mol. The van der Waals surface area contributed by atoms with Gasteiger partial charge < -0.3 is 10.1 Å². The molecule has 31 heavy (non-hydrogen) atoms. The SMILES string of the molecule is Cc1cc(CNc2cc(OCC3CC3c3ccc4ncccc4n3)nc(C)n2)n(C)n1. The maximum Gasteiger partial charge on any atom is 0.218 e. The van der Waals surface area contributed by atoms with Gasteiger partial charge in [-0.05, 0) is 50.6 Å². The minimum absolute atomic E-state index is 0.429. The summed E-state index contributed by atoms with van der Waals surface area (Å²) in [6.07, 6.45) is 2.87. The summed E-state index contributed by atoms with van der Waals surface area (Å²) >= 11 is 0. The quantitative estimate of drug-likeness (QED) is 0.493. The average molecular weight is 416 g/mol. The van der Waals surface area contributed by atoms with Crippen LogP contribution in [0.2, 0.25) is 0 Å². The summed E-state index contributed by atoms with van der Waals surface area (Å²) in [6.45, 7) is 5.12. The molecule has 8 heteroatoms. The fourth-order valence-electron chi connectivity index (χ4n) is 3.88. The highest BCUT2D eigenvalue weighted by Crippen LogP contribution is 2.47. The number of rotatable bonds is 7. The number of pyridine rings is 2. The minimum atomic E-state index is 0.429. The van der Waals surface area contributed by atoms with Crippen LogP contribution in [-0.4, -0.2) is 36.3 Å². The monoisotopic (exact) mass is 415 g/mol. The number of nitrogens with zero attached hydrogens (tertiary/aromatic N) is 6. The van der Waals surface area contributed by atoms with Crippen molar-refractivity contribution in [3.63, 3.8) is 0 Å². The van der Waals surface area contributed by atoms with Crippen LogP contribution in [0.5, 0.6) is 5.88 Å².